The standard InChI is InChI=1S/C15H20F2N2O2/c1-11-4-2-3-5-12(11)14-15(20)18-6-7-19(14)8-9-21-10-13(16)17/h2-5,13-14H,6-10H2,1H3,(H,18,20). The third kappa shape index (κ3) is 4.22. The predicted molar refractivity (Wildman–Crippen MR) is 75.3 cm³/mol. The molecule has 21 heavy (non-hydrogen) atoms. The maximum atomic E-state index is 12.2. The van der Waals surface area contributed by atoms with E-state index in [1.807, 2.05) is 36.1 Å². The SMILES string of the molecule is Cc1ccccc1C1C(=O)NCCN1CCOCC(F)F. The first-order chi connectivity index (χ1) is 10.1. The van der Waals surface area contributed by atoms with Gasteiger partial charge in [-0.15, -0.1) is 0 Å². The number of carbonyl (C=O) groups excluding carboxylic acids is 1. The van der Waals surface area contributed by atoms with Crippen LogP contribution in [0.2, 0.25) is 0 Å². The molecule has 1 aromatic carbocycles. The van der Waals surface area contributed by atoms with Gasteiger partial charge in [0.1, 0.15) is 12.6 Å². The minimum absolute atomic E-state index is 0.0515. The number of nitrogens with one attached hydrogen (secondary N) is 1. The van der Waals surface area contributed by atoms with Gasteiger partial charge in [-0.3, -0.25) is 9.69 Å². The molecule has 1 aromatic rings. The molecule has 0 aromatic heterocycles. The maximum Gasteiger partial charge on any atom is 0.261 e. The molecule has 1 N–H and O–H groups in total. The second-order valence-electron chi connectivity index (χ2n) is 5.05. The minimum Gasteiger partial charge on any atom is -0.374 e. The van der Waals surface area contributed by atoms with E-state index in [1.165, 1.54) is 0 Å². The Kier molecular flexibility index (Phi) is 5.64. The number of halogens is 2. The molecular weight excluding hydrogens is 278 g/mol. The lowest BCUT2D eigenvalue weighted by molar-refractivity contribution is -0.129. The monoisotopic (exact) mass is 298 g/mol. The van der Waals surface area contributed by atoms with E-state index in [0.29, 0.717) is 19.6 Å². The third-order valence-corrected chi connectivity index (χ3v) is 3.56. The van der Waals surface area contributed by atoms with Gasteiger partial charge in [-0.25, -0.2) is 8.78 Å². The molecule has 1 unspecified atom stereocenters. The van der Waals surface area contributed by atoms with E-state index in [4.69, 9.17) is 4.74 Å². The predicted octanol–water partition coefficient (Wildman–Crippen LogP) is 1.75. The first-order valence-electron chi connectivity index (χ1n) is 7.03. The summed E-state index contributed by atoms with van der Waals surface area (Å²) >= 11 is 0. The van der Waals surface area contributed by atoms with Crippen LogP contribution < -0.4 is 5.32 Å². The number of hydrogen-bond donors (Lipinski definition) is 1. The minimum atomic E-state index is -2.46. The fraction of sp³-hybridized carbons (Fsp3) is 0.533. The molecule has 116 valence electrons. The summed E-state index contributed by atoms with van der Waals surface area (Å²) in [7, 11) is 0. The Labute approximate surface area is 123 Å². The van der Waals surface area contributed by atoms with Crippen LogP contribution in [0.4, 0.5) is 8.78 Å². The smallest absolute Gasteiger partial charge is 0.261 e. The molecule has 0 radical (unpaired) electrons. The van der Waals surface area contributed by atoms with Gasteiger partial charge in [0.2, 0.25) is 5.91 Å². The number of carbonyl (C=O) groups is 1. The normalized spacial score (nSPS) is 19.8. The van der Waals surface area contributed by atoms with Gasteiger partial charge in [-0.1, -0.05) is 24.3 Å². The van der Waals surface area contributed by atoms with Crippen molar-refractivity contribution in [3.63, 3.8) is 0 Å². The highest BCUT2D eigenvalue weighted by Crippen LogP contribution is 2.25. The first kappa shape index (κ1) is 15.9. The van der Waals surface area contributed by atoms with Crippen LogP contribution in [0.5, 0.6) is 0 Å². The Balaban J connectivity index is 2.04. The Bertz CT molecular complexity index is 482. The van der Waals surface area contributed by atoms with Crippen molar-refractivity contribution in [1.82, 2.24) is 10.2 Å². The zero-order chi connectivity index (χ0) is 15.2. The average molecular weight is 298 g/mol. The van der Waals surface area contributed by atoms with Crippen LogP contribution in [0.15, 0.2) is 24.3 Å². The third-order valence-electron chi connectivity index (χ3n) is 3.56. The Morgan fingerprint density at radius 2 is 2.19 bits per heavy atom. The van der Waals surface area contributed by atoms with Gasteiger partial charge in [-0.2, -0.15) is 0 Å². The number of rotatable bonds is 6. The lowest BCUT2D eigenvalue weighted by atomic mass is 9.98. The van der Waals surface area contributed by atoms with Crippen molar-refractivity contribution in [1.29, 1.82) is 0 Å². The van der Waals surface area contributed by atoms with Gasteiger partial charge in [0.05, 0.1) is 6.61 Å². The van der Waals surface area contributed by atoms with Crippen molar-refractivity contribution in [2.75, 3.05) is 32.8 Å². The van der Waals surface area contributed by atoms with Crippen molar-refractivity contribution >= 4 is 5.91 Å². The molecule has 1 aliphatic rings. The fourth-order valence-electron chi connectivity index (χ4n) is 2.54. The molecule has 6 heteroatoms. The van der Waals surface area contributed by atoms with Crippen molar-refractivity contribution in [2.45, 2.75) is 19.4 Å². The van der Waals surface area contributed by atoms with E-state index < -0.39 is 13.0 Å². The first-order valence-corrected chi connectivity index (χ1v) is 7.03. The topological polar surface area (TPSA) is 41.6 Å². The van der Waals surface area contributed by atoms with Gasteiger partial charge in [0, 0.05) is 19.6 Å². The van der Waals surface area contributed by atoms with Crippen molar-refractivity contribution in [3.8, 4) is 0 Å². The van der Waals surface area contributed by atoms with Crippen molar-refractivity contribution in [3.05, 3.63) is 35.4 Å². The summed E-state index contributed by atoms with van der Waals surface area (Å²) in [5.74, 6) is -0.0515. The molecule has 0 aliphatic carbocycles. The molecule has 0 saturated carbocycles. The second kappa shape index (κ2) is 7.47. The maximum absolute atomic E-state index is 12.2. The fourth-order valence-corrected chi connectivity index (χ4v) is 2.54. The van der Waals surface area contributed by atoms with E-state index in [9.17, 15) is 13.6 Å². The van der Waals surface area contributed by atoms with Gasteiger partial charge in [-0.05, 0) is 18.1 Å². The van der Waals surface area contributed by atoms with E-state index in [2.05, 4.69) is 5.32 Å². The quantitative estimate of drug-likeness (QED) is 0.814. The Hall–Kier alpha value is -1.53. The number of benzene rings is 1. The molecule has 1 aliphatic heterocycles. The summed E-state index contributed by atoms with van der Waals surface area (Å²) in [5, 5.41) is 2.86. The summed E-state index contributed by atoms with van der Waals surface area (Å²) in [5.41, 5.74) is 1.99. The number of piperazine rings is 1. The van der Waals surface area contributed by atoms with E-state index in [0.717, 1.165) is 11.1 Å². The van der Waals surface area contributed by atoms with Gasteiger partial charge in [0.25, 0.3) is 6.43 Å². The van der Waals surface area contributed by atoms with Crippen molar-refractivity contribution < 1.29 is 18.3 Å². The molecule has 1 heterocycles. The van der Waals surface area contributed by atoms with E-state index in [-0.39, 0.29) is 18.6 Å². The highest BCUT2D eigenvalue weighted by molar-refractivity contribution is 5.84. The van der Waals surface area contributed by atoms with E-state index in [1.54, 1.807) is 0 Å². The van der Waals surface area contributed by atoms with Gasteiger partial charge in [0.15, 0.2) is 0 Å². The highest BCUT2D eigenvalue weighted by Gasteiger charge is 2.31. The highest BCUT2D eigenvalue weighted by atomic mass is 19.3. The Morgan fingerprint density at radius 1 is 1.43 bits per heavy atom. The lowest BCUT2D eigenvalue weighted by Gasteiger charge is -2.35. The van der Waals surface area contributed by atoms with Gasteiger partial charge >= 0.3 is 0 Å². The van der Waals surface area contributed by atoms with Crippen LogP contribution in [-0.4, -0.2) is 50.1 Å². The second-order valence-corrected chi connectivity index (χ2v) is 5.05. The molecule has 2 rings (SSSR count). The van der Waals surface area contributed by atoms with Crippen LogP contribution >= 0.6 is 0 Å². The number of ether oxygens (including phenoxy) is 1. The van der Waals surface area contributed by atoms with Crippen LogP contribution in [-0.2, 0) is 9.53 Å². The molecule has 4 nitrogen and oxygen atoms in total. The molecule has 0 bridgehead atoms. The van der Waals surface area contributed by atoms with Gasteiger partial charge < -0.3 is 10.1 Å². The number of hydrogen-bond acceptors (Lipinski definition) is 3. The largest absolute Gasteiger partial charge is 0.374 e. The zero-order valence-electron chi connectivity index (χ0n) is 12.0. The number of nitrogens with zero attached hydrogens (tertiary/aromatic N) is 1. The summed E-state index contributed by atoms with van der Waals surface area (Å²) in [4.78, 5) is 14.2. The van der Waals surface area contributed by atoms with Crippen LogP contribution in [0.25, 0.3) is 0 Å². The van der Waals surface area contributed by atoms with Crippen LogP contribution in [0.1, 0.15) is 17.2 Å². The Morgan fingerprint density at radius 3 is 2.90 bits per heavy atom. The molecule has 1 saturated heterocycles. The number of alkyl halides is 2. The lowest BCUT2D eigenvalue weighted by Crippen LogP contribution is -2.51. The average Bonchev–Trinajstić information content (AvgIpc) is 2.45. The number of aryl methyl sites for hydroxylation is 1. The van der Waals surface area contributed by atoms with E-state index >= 15 is 0 Å². The summed E-state index contributed by atoms with van der Waals surface area (Å²) in [6, 6.07) is 7.33. The molecule has 1 amide bonds. The molecule has 1 fully saturated rings. The zero-order valence-corrected chi connectivity index (χ0v) is 12.0. The van der Waals surface area contributed by atoms with Crippen LogP contribution in [0.3, 0.4) is 0 Å². The molecule has 1 atom stereocenters. The number of amides is 1. The summed E-state index contributed by atoms with van der Waals surface area (Å²) in [6.45, 7) is 3.30. The molecular formula is C15H20F2N2O2. The van der Waals surface area contributed by atoms with Crippen LogP contribution in [0, 0.1) is 6.92 Å². The molecule has 0 spiro atoms. The van der Waals surface area contributed by atoms with Crippen molar-refractivity contribution in [2.24, 2.45) is 0 Å². The summed E-state index contributed by atoms with van der Waals surface area (Å²) in [6.07, 6.45) is -2.46. The summed E-state index contributed by atoms with van der Waals surface area (Å²) < 4.78 is 29.0.